The highest BCUT2D eigenvalue weighted by Crippen LogP contribution is 2.68. The number of hydrogen-bond acceptors (Lipinski definition) is 17. The predicted molar refractivity (Wildman–Crippen MR) is 251 cm³/mol. The average Bonchev–Trinajstić information content (AvgIpc) is 3.74. The van der Waals surface area contributed by atoms with Crippen LogP contribution in [0.1, 0.15) is 65.7 Å². The van der Waals surface area contributed by atoms with Crippen LogP contribution in [0.3, 0.4) is 0 Å². The molecular weight excluding hydrogens is 977 g/mol. The van der Waals surface area contributed by atoms with Crippen LogP contribution in [-0.4, -0.2) is 99.2 Å². The number of fused-ring (bicyclic) bond motifs is 2. The number of methoxy groups -OCH3 is 4. The molecule has 0 bridgehead atoms. The van der Waals surface area contributed by atoms with Gasteiger partial charge in [0.1, 0.15) is 23.0 Å². The molecule has 0 amide bonds. The summed E-state index contributed by atoms with van der Waals surface area (Å²) in [5, 5.41) is 0. The fourth-order valence-corrected chi connectivity index (χ4v) is 14.8. The van der Waals surface area contributed by atoms with Crippen LogP contribution in [0, 0.1) is 22.7 Å². The normalized spacial score (nSPS) is 27.4. The molecular formula is C48H60O17S4. The molecule has 69 heavy (non-hydrogen) atoms. The van der Waals surface area contributed by atoms with Gasteiger partial charge in [-0.1, -0.05) is 20.8 Å². The molecule has 1 spiro atoms. The average molecular weight is 1040 g/mol. The summed E-state index contributed by atoms with van der Waals surface area (Å²) in [7, 11) is -11.7. The molecule has 0 aromatic heterocycles. The minimum absolute atomic E-state index is 0.109. The highest BCUT2D eigenvalue weighted by atomic mass is 32.2. The van der Waals surface area contributed by atoms with Gasteiger partial charge in [0, 0.05) is 17.3 Å². The maximum Gasteiger partial charge on any atom is 0.297 e. The van der Waals surface area contributed by atoms with Gasteiger partial charge in [0.05, 0.1) is 85.1 Å². The molecule has 4 aromatic rings. The molecule has 378 valence electrons. The van der Waals surface area contributed by atoms with Crippen LogP contribution >= 0.6 is 0 Å². The number of hydrogen-bond donors (Lipinski definition) is 0. The van der Waals surface area contributed by atoms with E-state index < -0.39 is 94.3 Å². The van der Waals surface area contributed by atoms with Crippen molar-refractivity contribution in [2.24, 2.45) is 22.7 Å². The van der Waals surface area contributed by atoms with E-state index in [9.17, 15) is 33.7 Å². The van der Waals surface area contributed by atoms with E-state index in [4.69, 9.17) is 40.4 Å². The Kier molecular flexibility index (Phi) is 15.3. The van der Waals surface area contributed by atoms with E-state index >= 15 is 0 Å². The zero-order valence-electron chi connectivity index (χ0n) is 39.6. The molecule has 7 rings (SSSR count). The van der Waals surface area contributed by atoms with Crippen molar-refractivity contribution in [1.82, 2.24) is 0 Å². The smallest absolute Gasteiger partial charge is 0.297 e. The molecule has 0 N–H and O–H groups in total. The second-order valence-electron chi connectivity index (χ2n) is 18.4. The van der Waals surface area contributed by atoms with E-state index in [1.165, 1.54) is 126 Å². The first-order valence-corrected chi connectivity index (χ1v) is 28.0. The van der Waals surface area contributed by atoms with Crippen molar-refractivity contribution in [2.75, 3.05) is 48.3 Å². The van der Waals surface area contributed by atoms with E-state index in [1.54, 1.807) is 6.92 Å². The van der Waals surface area contributed by atoms with Gasteiger partial charge in [-0.25, -0.2) is 0 Å². The minimum Gasteiger partial charge on any atom is -0.497 e. The van der Waals surface area contributed by atoms with Crippen molar-refractivity contribution in [3.8, 4) is 23.0 Å². The lowest BCUT2D eigenvalue weighted by molar-refractivity contribution is -0.267. The van der Waals surface area contributed by atoms with Crippen LogP contribution in [-0.2, 0) is 61.9 Å². The number of rotatable bonds is 20. The van der Waals surface area contributed by atoms with E-state index in [0.717, 1.165) is 0 Å². The fraction of sp³-hybridized carbons (Fsp3) is 0.500. The highest BCUT2D eigenvalue weighted by molar-refractivity contribution is 7.87. The topological polar surface area (TPSA) is 220 Å². The molecule has 3 aliphatic rings. The van der Waals surface area contributed by atoms with Crippen molar-refractivity contribution < 1.29 is 74.1 Å². The van der Waals surface area contributed by atoms with Crippen LogP contribution in [0.5, 0.6) is 23.0 Å². The molecule has 2 aliphatic carbocycles. The van der Waals surface area contributed by atoms with Crippen LogP contribution in [0.2, 0.25) is 0 Å². The lowest BCUT2D eigenvalue weighted by Gasteiger charge is -2.65. The van der Waals surface area contributed by atoms with Crippen LogP contribution in [0.15, 0.2) is 117 Å². The molecule has 0 radical (unpaired) electrons. The summed E-state index contributed by atoms with van der Waals surface area (Å²) in [6, 6.07) is 22.8. The standard InChI is InChI=1S/C48H60O17S4/c1-34-8-25-43-45(2,32-62-67(51,52)40-19-11-36(58-5)12-20-40)44(64-69(55,56)42-23-15-38(60-7)16-24-42)26-27-46(43,3)48(34)29-28-47(65-48,33-63-68(53,54)41-21-13-37(59-6)14-22-41)30-31-61-66(49,50)39-17-9-35(57-4)10-18-39/h9-24,34,43-44H,8,25-33H2,1-7H3/t34-,43?,44+,45+,46+,47?,48+/m1/s1. The Hall–Kier alpha value is -4.32. The number of ether oxygens (including phenoxy) is 5. The lowest BCUT2D eigenvalue weighted by atomic mass is 9.43. The summed E-state index contributed by atoms with van der Waals surface area (Å²) in [4.78, 5) is -0.499. The minimum atomic E-state index is -4.43. The SMILES string of the molecule is COc1ccc(S(=O)(=O)OCCC2(COS(=O)(=O)c3ccc(OC)cc3)CC[C@]3(O2)[C@H](C)CCC2[C@](C)(COS(=O)(=O)c4ccc(OC)cc4)[C@@H](OS(=O)(=O)c4ccc(OC)cc4)CC[C@@]23C)cc1. The summed E-state index contributed by atoms with van der Waals surface area (Å²) in [6.07, 6.45) is 0.872. The monoisotopic (exact) mass is 1040 g/mol. The first-order valence-electron chi connectivity index (χ1n) is 22.4. The van der Waals surface area contributed by atoms with Gasteiger partial charge >= 0.3 is 0 Å². The van der Waals surface area contributed by atoms with Crippen molar-refractivity contribution in [2.45, 2.75) is 103 Å². The molecule has 17 nitrogen and oxygen atoms in total. The van der Waals surface area contributed by atoms with E-state index in [2.05, 4.69) is 0 Å². The molecule has 3 fully saturated rings. The summed E-state index contributed by atoms with van der Waals surface area (Å²) in [6.45, 7) is 4.47. The van der Waals surface area contributed by atoms with Gasteiger partial charge in [-0.3, -0.25) is 16.7 Å². The van der Waals surface area contributed by atoms with Crippen LogP contribution in [0.4, 0.5) is 0 Å². The summed E-state index contributed by atoms with van der Waals surface area (Å²) < 4.78 is 162. The summed E-state index contributed by atoms with van der Waals surface area (Å²) in [5.41, 5.74) is -4.65. The van der Waals surface area contributed by atoms with Gasteiger partial charge in [-0.2, -0.15) is 33.7 Å². The van der Waals surface area contributed by atoms with Gasteiger partial charge < -0.3 is 23.7 Å². The zero-order valence-corrected chi connectivity index (χ0v) is 42.9. The maximum atomic E-state index is 14.1. The molecule has 21 heteroatoms. The molecule has 1 aliphatic heterocycles. The van der Waals surface area contributed by atoms with E-state index in [0.29, 0.717) is 48.7 Å². The van der Waals surface area contributed by atoms with Crippen molar-refractivity contribution in [1.29, 1.82) is 0 Å². The zero-order chi connectivity index (χ0) is 50.1. The number of benzene rings is 4. The van der Waals surface area contributed by atoms with Gasteiger partial charge in [0.15, 0.2) is 0 Å². The summed E-state index contributed by atoms with van der Waals surface area (Å²) >= 11 is 0. The highest BCUT2D eigenvalue weighted by Gasteiger charge is 2.70. The second-order valence-corrected chi connectivity index (χ2v) is 24.8. The Morgan fingerprint density at radius 1 is 0.507 bits per heavy atom. The lowest BCUT2D eigenvalue weighted by Crippen LogP contribution is -2.67. The largest absolute Gasteiger partial charge is 0.497 e. The van der Waals surface area contributed by atoms with E-state index in [1.807, 2.05) is 13.8 Å². The Morgan fingerprint density at radius 3 is 1.35 bits per heavy atom. The van der Waals surface area contributed by atoms with Gasteiger partial charge in [-0.15, -0.1) is 0 Å². The predicted octanol–water partition coefficient (Wildman–Crippen LogP) is 7.54. The molecule has 2 saturated carbocycles. The van der Waals surface area contributed by atoms with Gasteiger partial charge in [0.25, 0.3) is 40.5 Å². The Bertz CT molecular complexity index is 2880. The van der Waals surface area contributed by atoms with Crippen molar-refractivity contribution >= 4 is 40.5 Å². The Balaban J connectivity index is 1.24. The molecule has 1 saturated heterocycles. The third-order valence-electron chi connectivity index (χ3n) is 14.7. The third kappa shape index (κ3) is 10.5. The second kappa shape index (κ2) is 20.1. The third-order valence-corrected chi connectivity index (χ3v) is 19.9. The van der Waals surface area contributed by atoms with Gasteiger partial charge in [0.2, 0.25) is 0 Å². The van der Waals surface area contributed by atoms with Crippen LogP contribution < -0.4 is 18.9 Å². The first kappa shape index (κ1) is 52.5. The maximum absolute atomic E-state index is 14.1. The summed E-state index contributed by atoms with van der Waals surface area (Å²) in [5.74, 6) is 1.06. The van der Waals surface area contributed by atoms with Crippen LogP contribution in [0.25, 0.3) is 0 Å². The Labute approximate surface area is 406 Å². The fourth-order valence-electron chi connectivity index (χ4n) is 10.7. The quantitative estimate of drug-likeness (QED) is 0.0780. The Morgan fingerprint density at radius 2 is 0.913 bits per heavy atom. The van der Waals surface area contributed by atoms with Gasteiger partial charge in [-0.05, 0) is 147 Å². The first-order chi connectivity index (χ1) is 32.5. The molecule has 7 atom stereocenters. The van der Waals surface area contributed by atoms with Crippen molar-refractivity contribution in [3.05, 3.63) is 97.1 Å². The molecule has 4 aromatic carbocycles. The van der Waals surface area contributed by atoms with Crippen molar-refractivity contribution in [3.63, 3.8) is 0 Å². The van der Waals surface area contributed by atoms with E-state index in [-0.39, 0.29) is 44.8 Å². The molecule has 2 unspecified atom stereocenters. The molecule has 1 heterocycles.